The topological polar surface area (TPSA) is 15.3 Å². The van der Waals surface area contributed by atoms with Crippen LogP contribution in [-0.2, 0) is 0 Å². The molecule has 2 rings (SSSR count). The van der Waals surface area contributed by atoms with Crippen molar-refractivity contribution in [3.63, 3.8) is 0 Å². The maximum absolute atomic E-state index is 3.64. The number of hydrogen-bond acceptors (Lipinski definition) is 2. The van der Waals surface area contributed by atoms with Crippen LogP contribution in [0.15, 0.2) is 22.7 Å². The molecule has 0 aromatic heterocycles. The lowest BCUT2D eigenvalue weighted by molar-refractivity contribution is 0.356. The van der Waals surface area contributed by atoms with Gasteiger partial charge in [-0.3, -0.25) is 0 Å². The number of hydrogen-bond donors (Lipinski definition) is 1. The van der Waals surface area contributed by atoms with Gasteiger partial charge < -0.3 is 10.2 Å². The van der Waals surface area contributed by atoms with E-state index in [1.165, 1.54) is 22.1 Å². The number of nitrogens with zero attached hydrogens (tertiary/aromatic N) is 1. The molecule has 0 aliphatic carbocycles. The normalized spacial score (nSPS) is 22.5. The lowest BCUT2D eigenvalue weighted by Crippen LogP contribution is -2.45. The Morgan fingerprint density at radius 1 is 1.44 bits per heavy atom. The van der Waals surface area contributed by atoms with Crippen LogP contribution in [-0.4, -0.2) is 25.7 Å². The average molecular weight is 311 g/mol. The molecule has 1 aliphatic rings. The number of benzene rings is 1. The van der Waals surface area contributed by atoms with Gasteiger partial charge in [-0.05, 0) is 64.4 Å². The van der Waals surface area contributed by atoms with Crippen LogP contribution >= 0.6 is 15.9 Å². The van der Waals surface area contributed by atoms with Gasteiger partial charge in [0.25, 0.3) is 0 Å². The fourth-order valence-electron chi connectivity index (χ4n) is 2.96. The molecule has 0 spiro atoms. The number of halogens is 1. The van der Waals surface area contributed by atoms with Gasteiger partial charge in [-0.2, -0.15) is 0 Å². The summed E-state index contributed by atoms with van der Waals surface area (Å²) in [5.74, 6) is 0.711. The van der Waals surface area contributed by atoms with Crippen molar-refractivity contribution in [2.24, 2.45) is 5.92 Å². The standard InChI is InChI=1S/C15H23BrN2/c1-11-5-6-13(9-14(11)16)18-8-7-12(10-17-4)15(18,2)3/h5-6,9,12,17H,7-8,10H2,1-4H3. The first-order valence-electron chi connectivity index (χ1n) is 6.65. The predicted molar refractivity (Wildman–Crippen MR) is 82.3 cm³/mol. The second-order valence-electron chi connectivity index (χ2n) is 5.78. The molecular formula is C15H23BrN2. The molecule has 1 aromatic carbocycles. The molecule has 1 fully saturated rings. The third-order valence-corrected chi connectivity index (χ3v) is 5.17. The van der Waals surface area contributed by atoms with Crippen LogP contribution in [0.1, 0.15) is 25.8 Å². The molecule has 0 amide bonds. The number of nitrogens with one attached hydrogen (secondary N) is 1. The van der Waals surface area contributed by atoms with Crippen molar-refractivity contribution in [3.05, 3.63) is 28.2 Å². The molecule has 100 valence electrons. The first-order valence-corrected chi connectivity index (χ1v) is 7.44. The Morgan fingerprint density at radius 3 is 2.78 bits per heavy atom. The van der Waals surface area contributed by atoms with E-state index in [2.05, 4.69) is 65.1 Å². The van der Waals surface area contributed by atoms with E-state index in [0.29, 0.717) is 5.92 Å². The van der Waals surface area contributed by atoms with Crippen molar-refractivity contribution in [1.29, 1.82) is 0 Å². The Bertz CT molecular complexity index is 429. The number of anilines is 1. The van der Waals surface area contributed by atoms with Crippen molar-refractivity contribution in [2.45, 2.75) is 32.7 Å². The molecule has 2 nitrogen and oxygen atoms in total. The molecule has 0 radical (unpaired) electrons. The first-order chi connectivity index (χ1) is 8.46. The lowest BCUT2D eigenvalue weighted by Gasteiger charge is -2.38. The average Bonchev–Trinajstić information content (AvgIpc) is 2.60. The number of aryl methyl sites for hydroxylation is 1. The van der Waals surface area contributed by atoms with Gasteiger partial charge in [0.1, 0.15) is 0 Å². The molecule has 18 heavy (non-hydrogen) atoms. The van der Waals surface area contributed by atoms with E-state index in [-0.39, 0.29) is 5.54 Å². The van der Waals surface area contributed by atoms with Crippen molar-refractivity contribution in [1.82, 2.24) is 5.32 Å². The quantitative estimate of drug-likeness (QED) is 0.918. The Kier molecular flexibility index (Phi) is 4.02. The predicted octanol–water partition coefficient (Wildman–Crippen LogP) is 3.58. The van der Waals surface area contributed by atoms with Crippen LogP contribution in [0.4, 0.5) is 5.69 Å². The fourth-order valence-corrected chi connectivity index (χ4v) is 3.32. The SMILES string of the molecule is CNCC1CCN(c2ccc(C)c(Br)c2)C1(C)C. The van der Waals surface area contributed by atoms with Crippen LogP contribution in [0.3, 0.4) is 0 Å². The summed E-state index contributed by atoms with van der Waals surface area (Å²) in [6, 6.07) is 6.68. The molecule has 1 unspecified atom stereocenters. The molecule has 1 heterocycles. The zero-order valence-electron chi connectivity index (χ0n) is 11.8. The summed E-state index contributed by atoms with van der Waals surface area (Å²) >= 11 is 3.64. The van der Waals surface area contributed by atoms with E-state index in [1.807, 2.05) is 7.05 Å². The second-order valence-corrected chi connectivity index (χ2v) is 6.64. The Balaban J connectivity index is 2.26. The highest BCUT2D eigenvalue weighted by molar-refractivity contribution is 9.10. The van der Waals surface area contributed by atoms with Gasteiger partial charge >= 0.3 is 0 Å². The molecule has 1 aliphatic heterocycles. The van der Waals surface area contributed by atoms with Crippen LogP contribution < -0.4 is 10.2 Å². The van der Waals surface area contributed by atoms with Crippen LogP contribution in [0.5, 0.6) is 0 Å². The van der Waals surface area contributed by atoms with Crippen molar-refractivity contribution >= 4 is 21.6 Å². The second kappa shape index (κ2) is 5.22. The summed E-state index contributed by atoms with van der Waals surface area (Å²) in [7, 11) is 2.04. The van der Waals surface area contributed by atoms with Crippen LogP contribution in [0.2, 0.25) is 0 Å². The van der Waals surface area contributed by atoms with E-state index in [1.54, 1.807) is 0 Å². The highest BCUT2D eigenvalue weighted by Crippen LogP contribution is 2.39. The lowest BCUT2D eigenvalue weighted by atomic mass is 9.88. The maximum Gasteiger partial charge on any atom is 0.0386 e. The summed E-state index contributed by atoms with van der Waals surface area (Å²) in [4.78, 5) is 2.54. The van der Waals surface area contributed by atoms with Crippen molar-refractivity contribution in [3.8, 4) is 0 Å². The summed E-state index contributed by atoms with van der Waals surface area (Å²) in [6.45, 7) is 9.09. The molecule has 1 saturated heterocycles. The van der Waals surface area contributed by atoms with Crippen molar-refractivity contribution in [2.75, 3.05) is 25.0 Å². The minimum atomic E-state index is 0.220. The summed E-state index contributed by atoms with van der Waals surface area (Å²) in [6.07, 6.45) is 1.26. The van der Waals surface area contributed by atoms with Gasteiger partial charge in [0.2, 0.25) is 0 Å². The van der Waals surface area contributed by atoms with Gasteiger partial charge in [0, 0.05) is 22.2 Å². The zero-order chi connectivity index (χ0) is 13.3. The fraction of sp³-hybridized carbons (Fsp3) is 0.600. The minimum Gasteiger partial charge on any atom is -0.366 e. The van der Waals surface area contributed by atoms with Gasteiger partial charge in [0.15, 0.2) is 0 Å². The summed E-state index contributed by atoms with van der Waals surface area (Å²) < 4.78 is 1.20. The van der Waals surface area contributed by atoms with Crippen LogP contribution in [0, 0.1) is 12.8 Å². The molecule has 0 bridgehead atoms. The summed E-state index contributed by atoms with van der Waals surface area (Å²) in [5.41, 5.74) is 2.84. The van der Waals surface area contributed by atoms with Gasteiger partial charge in [0.05, 0.1) is 0 Å². The maximum atomic E-state index is 3.64. The Labute approximate surface area is 119 Å². The summed E-state index contributed by atoms with van der Waals surface area (Å²) in [5, 5.41) is 3.32. The third-order valence-electron chi connectivity index (χ3n) is 4.31. The molecule has 1 aromatic rings. The van der Waals surface area contributed by atoms with Gasteiger partial charge in [-0.25, -0.2) is 0 Å². The van der Waals surface area contributed by atoms with E-state index in [9.17, 15) is 0 Å². The molecule has 3 heteroatoms. The minimum absolute atomic E-state index is 0.220. The molecule has 1 atom stereocenters. The molecule has 0 saturated carbocycles. The monoisotopic (exact) mass is 310 g/mol. The van der Waals surface area contributed by atoms with Gasteiger partial charge in [-0.1, -0.05) is 22.0 Å². The number of rotatable bonds is 3. The largest absolute Gasteiger partial charge is 0.366 e. The van der Waals surface area contributed by atoms with Crippen molar-refractivity contribution < 1.29 is 0 Å². The van der Waals surface area contributed by atoms with E-state index in [4.69, 9.17) is 0 Å². The van der Waals surface area contributed by atoms with Crippen LogP contribution in [0.25, 0.3) is 0 Å². The Morgan fingerprint density at radius 2 is 2.17 bits per heavy atom. The van der Waals surface area contributed by atoms with E-state index >= 15 is 0 Å². The van der Waals surface area contributed by atoms with Gasteiger partial charge in [-0.15, -0.1) is 0 Å². The van der Waals surface area contributed by atoms with E-state index in [0.717, 1.165) is 13.1 Å². The highest BCUT2D eigenvalue weighted by Gasteiger charge is 2.40. The highest BCUT2D eigenvalue weighted by atomic mass is 79.9. The van der Waals surface area contributed by atoms with E-state index < -0.39 is 0 Å². The molecular weight excluding hydrogens is 288 g/mol. The molecule has 1 N–H and O–H groups in total. The first kappa shape index (κ1) is 13.9. The Hall–Kier alpha value is -0.540. The zero-order valence-corrected chi connectivity index (χ0v) is 13.3. The third kappa shape index (κ3) is 2.43. The smallest absolute Gasteiger partial charge is 0.0386 e.